The first-order valence-corrected chi connectivity index (χ1v) is 9.82. The van der Waals surface area contributed by atoms with Gasteiger partial charge in [-0.25, -0.2) is 4.79 Å². The van der Waals surface area contributed by atoms with Crippen LogP contribution in [-0.2, 0) is 4.74 Å². The first-order chi connectivity index (χ1) is 13.4. The molecule has 3 rings (SSSR count). The standard InChI is InChI=1S/C20H20N2O5S/c1-3-27-20(24)15-10-14(11-16(12-15)22(25)26)19(23)21-9-8-13(2)28-18-7-5-4-6-17(18)21/h4-7,10-13H,3,8-9H2,1-2H3. The molecule has 0 spiro atoms. The van der Waals surface area contributed by atoms with Crippen LogP contribution in [0.25, 0.3) is 0 Å². The van der Waals surface area contributed by atoms with Gasteiger partial charge in [-0.15, -0.1) is 11.8 Å². The van der Waals surface area contributed by atoms with E-state index >= 15 is 0 Å². The third kappa shape index (κ3) is 4.17. The number of anilines is 1. The Hall–Kier alpha value is -2.87. The predicted molar refractivity (Wildman–Crippen MR) is 107 cm³/mol. The highest BCUT2D eigenvalue weighted by Gasteiger charge is 2.27. The van der Waals surface area contributed by atoms with Crippen molar-refractivity contribution in [3.05, 3.63) is 63.7 Å². The lowest BCUT2D eigenvalue weighted by atomic mass is 10.1. The molecule has 0 aliphatic carbocycles. The van der Waals surface area contributed by atoms with Crippen molar-refractivity contribution in [2.75, 3.05) is 18.1 Å². The number of ether oxygens (including phenoxy) is 1. The van der Waals surface area contributed by atoms with Crippen molar-refractivity contribution in [1.29, 1.82) is 0 Å². The van der Waals surface area contributed by atoms with Gasteiger partial charge in [-0.2, -0.15) is 0 Å². The fourth-order valence-corrected chi connectivity index (χ4v) is 4.14. The van der Waals surface area contributed by atoms with Crippen molar-refractivity contribution in [1.82, 2.24) is 0 Å². The third-order valence-corrected chi connectivity index (χ3v) is 5.61. The lowest BCUT2D eigenvalue weighted by Crippen LogP contribution is -2.32. The SMILES string of the molecule is CCOC(=O)c1cc(C(=O)N2CCC(C)Sc3ccccc32)cc([N+](=O)[O-])c1. The number of benzene rings is 2. The number of carbonyl (C=O) groups is 2. The monoisotopic (exact) mass is 400 g/mol. The van der Waals surface area contributed by atoms with Crippen LogP contribution in [0.1, 0.15) is 41.0 Å². The average molecular weight is 400 g/mol. The number of rotatable bonds is 4. The summed E-state index contributed by atoms with van der Waals surface area (Å²) in [5.41, 5.74) is 0.530. The minimum atomic E-state index is -0.694. The Morgan fingerprint density at radius 3 is 2.68 bits per heavy atom. The fourth-order valence-electron chi connectivity index (χ4n) is 3.03. The molecule has 1 amide bonds. The summed E-state index contributed by atoms with van der Waals surface area (Å²) >= 11 is 1.70. The number of nitrogens with zero attached hydrogens (tertiary/aromatic N) is 2. The maximum atomic E-state index is 13.3. The lowest BCUT2D eigenvalue weighted by molar-refractivity contribution is -0.384. The molecule has 2 aromatic rings. The second-order valence-corrected chi connectivity index (χ2v) is 7.87. The number of nitro groups is 1. The number of thioether (sulfide) groups is 1. The summed E-state index contributed by atoms with van der Waals surface area (Å²) < 4.78 is 4.94. The summed E-state index contributed by atoms with van der Waals surface area (Å²) in [6, 6.07) is 11.3. The molecule has 0 fully saturated rings. The Bertz CT molecular complexity index is 931. The van der Waals surface area contributed by atoms with Crippen LogP contribution in [0.2, 0.25) is 0 Å². The van der Waals surface area contributed by atoms with Gasteiger partial charge >= 0.3 is 5.97 Å². The Kier molecular flexibility index (Phi) is 5.99. The van der Waals surface area contributed by atoms with Crippen LogP contribution in [0, 0.1) is 10.1 Å². The summed E-state index contributed by atoms with van der Waals surface area (Å²) in [6.45, 7) is 4.37. The van der Waals surface area contributed by atoms with Crippen LogP contribution in [0.4, 0.5) is 11.4 Å². The number of fused-ring (bicyclic) bond motifs is 1. The number of hydrogen-bond donors (Lipinski definition) is 0. The molecule has 1 heterocycles. The molecule has 2 aromatic carbocycles. The van der Waals surface area contributed by atoms with Gasteiger partial charge < -0.3 is 9.64 Å². The van der Waals surface area contributed by atoms with E-state index in [9.17, 15) is 19.7 Å². The van der Waals surface area contributed by atoms with Gasteiger partial charge in [0.1, 0.15) is 0 Å². The molecule has 7 nitrogen and oxygen atoms in total. The topological polar surface area (TPSA) is 89.8 Å². The zero-order valence-corrected chi connectivity index (χ0v) is 16.4. The molecule has 1 aliphatic rings. The zero-order chi connectivity index (χ0) is 20.3. The first kappa shape index (κ1) is 19.9. The van der Waals surface area contributed by atoms with Gasteiger partial charge in [-0.3, -0.25) is 14.9 Å². The van der Waals surface area contributed by atoms with Gasteiger partial charge in [-0.1, -0.05) is 19.1 Å². The number of carbonyl (C=O) groups excluding carboxylic acids is 2. The summed E-state index contributed by atoms with van der Waals surface area (Å²) in [5, 5.41) is 11.6. The highest BCUT2D eigenvalue weighted by Crippen LogP contribution is 2.38. The molecule has 0 aromatic heterocycles. The van der Waals surface area contributed by atoms with Crippen LogP contribution in [-0.4, -0.2) is 35.2 Å². The number of non-ortho nitro benzene ring substituents is 1. The van der Waals surface area contributed by atoms with E-state index in [-0.39, 0.29) is 29.3 Å². The van der Waals surface area contributed by atoms with E-state index in [1.54, 1.807) is 23.6 Å². The quantitative estimate of drug-likeness (QED) is 0.432. The van der Waals surface area contributed by atoms with Crippen LogP contribution >= 0.6 is 11.8 Å². The number of hydrogen-bond acceptors (Lipinski definition) is 6. The Balaban J connectivity index is 2.04. The van der Waals surface area contributed by atoms with Crippen molar-refractivity contribution in [2.45, 2.75) is 30.4 Å². The molecular weight excluding hydrogens is 380 g/mol. The van der Waals surface area contributed by atoms with Crippen molar-refractivity contribution in [2.24, 2.45) is 0 Å². The van der Waals surface area contributed by atoms with E-state index in [1.165, 1.54) is 12.1 Å². The zero-order valence-electron chi connectivity index (χ0n) is 15.6. The van der Waals surface area contributed by atoms with E-state index in [4.69, 9.17) is 4.74 Å². The Morgan fingerprint density at radius 1 is 1.25 bits per heavy atom. The maximum Gasteiger partial charge on any atom is 0.338 e. The first-order valence-electron chi connectivity index (χ1n) is 8.95. The molecular formula is C20H20N2O5S. The summed E-state index contributed by atoms with van der Waals surface area (Å²) in [4.78, 5) is 38.7. The van der Waals surface area contributed by atoms with Crippen LogP contribution < -0.4 is 4.90 Å². The van der Waals surface area contributed by atoms with E-state index < -0.39 is 10.9 Å². The van der Waals surface area contributed by atoms with E-state index in [1.807, 2.05) is 24.3 Å². The summed E-state index contributed by atoms with van der Waals surface area (Å²) in [5.74, 6) is -1.07. The highest BCUT2D eigenvalue weighted by molar-refractivity contribution is 8.00. The molecule has 0 N–H and O–H groups in total. The molecule has 1 aliphatic heterocycles. The van der Waals surface area contributed by atoms with Gasteiger partial charge in [0.25, 0.3) is 11.6 Å². The number of para-hydroxylation sites is 1. The van der Waals surface area contributed by atoms with Gasteiger partial charge in [0, 0.05) is 34.4 Å². The lowest BCUT2D eigenvalue weighted by Gasteiger charge is -2.22. The van der Waals surface area contributed by atoms with Crippen LogP contribution in [0.3, 0.4) is 0 Å². The average Bonchev–Trinajstić information content (AvgIpc) is 2.85. The molecule has 8 heteroatoms. The molecule has 0 saturated heterocycles. The van der Waals surface area contributed by atoms with Crippen molar-refractivity contribution in [3.63, 3.8) is 0 Å². The van der Waals surface area contributed by atoms with Crippen molar-refractivity contribution in [3.8, 4) is 0 Å². The number of amides is 1. The van der Waals surface area contributed by atoms with Gasteiger partial charge in [0.05, 0.1) is 22.8 Å². The predicted octanol–water partition coefficient (Wildman–Crippen LogP) is 4.30. The number of nitro benzene ring substituents is 1. The molecule has 146 valence electrons. The van der Waals surface area contributed by atoms with Crippen molar-refractivity contribution >= 4 is 35.0 Å². The minimum absolute atomic E-state index is 0.00903. The van der Waals surface area contributed by atoms with Crippen LogP contribution in [0.5, 0.6) is 0 Å². The van der Waals surface area contributed by atoms with Gasteiger partial charge in [-0.05, 0) is 31.5 Å². The van der Waals surface area contributed by atoms with Gasteiger partial charge in [0.2, 0.25) is 0 Å². The van der Waals surface area contributed by atoms with E-state index in [2.05, 4.69) is 6.92 Å². The molecule has 0 radical (unpaired) electrons. The van der Waals surface area contributed by atoms with Crippen LogP contribution in [0.15, 0.2) is 47.4 Å². The second kappa shape index (κ2) is 8.43. The van der Waals surface area contributed by atoms with E-state index in [0.717, 1.165) is 23.1 Å². The smallest absolute Gasteiger partial charge is 0.338 e. The van der Waals surface area contributed by atoms with Gasteiger partial charge in [0.15, 0.2) is 0 Å². The van der Waals surface area contributed by atoms with Crippen molar-refractivity contribution < 1.29 is 19.2 Å². The molecule has 28 heavy (non-hydrogen) atoms. The molecule has 1 unspecified atom stereocenters. The normalized spacial score (nSPS) is 16.1. The summed E-state index contributed by atoms with van der Waals surface area (Å²) in [6.07, 6.45) is 0.782. The second-order valence-electron chi connectivity index (χ2n) is 6.39. The third-order valence-electron chi connectivity index (χ3n) is 4.38. The Labute approximate surface area is 166 Å². The maximum absolute atomic E-state index is 13.3. The molecule has 0 saturated carbocycles. The summed E-state index contributed by atoms with van der Waals surface area (Å²) in [7, 11) is 0. The molecule has 0 bridgehead atoms. The largest absolute Gasteiger partial charge is 0.462 e. The Morgan fingerprint density at radius 2 is 1.96 bits per heavy atom. The van der Waals surface area contributed by atoms with E-state index in [0.29, 0.717) is 11.8 Å². The molecule has 1 atom stereocenters. The minimum Gasteiger partial charge on any atom is -0.462 e. The number of esters is 1. The fraction of sp³-hybridized carbons (Fsp3) is 0.300. The highest BCUT2D eigenvalue weighted by atomic mass is 32.2.